The molecule has 1 aromatic carbocycles. The van der Waals surface area contributed by atoms with Crippen LogP contribution in [0.5, 0.6) is 0 Å². The van der Waals surface area contributed by atoms with E-state index >= 15 is 0 Å². The van der Waals surface area contributed by atoms with E-state index < -0.39 is 0 Å². The molecule has 1 aliphatic heterocycles. The third-order valence-corrected chi connectivity index (χ3v) is 3.81. The van der Waals surface area contributed by atoms with Gasteiger partial charge in [-0.05, 0) is 51.0 Å². The van der Waals surface area contributed by atoms with Crippen molar-refractivity contribution in [1.29, 1.82) is 0 Å². The van der Waals surface area contributed by atoms with Crippen molar-refractivity contribution in [3.8, 4) is 0 Å². The summed E-state index contributed by atoms with van der Waals surface area (Å²) < 4.78 is 12.7. The van der Waals surface area contributed by atoms with Gasteiger partial charge in [0.05, 0.1) is 24.9 Å². The standard InChI is InChI=1S/C15H22BrNO2/c1-11-9-15(10-12(2)19-11)18-8-7-17-14-5-3-13(16)4-6-14/h3-6,11-12,15,17H,7-10H2,1-2H3. The minimum atomic E-state index is 0.313. The molecule has 4 heteroatoms. The predicted molar refractivity (Wildman–Crippen MR) is 81.6 cm³/mol. The quantitative estimate of drug-likeness (QED) is 0.833. The lowest BCUT2D eigenvalue weighted by Gasteiger charge is -2.32. The van der Waals surface area contributed by atoms with Crippen LogP contribution in [0.1, 0.15) is 26.7 Å². The second-order valence-corrected chi connectivity index (χ2v) is 6.07. The molecule has 2 rings (SSSR count). The fraction of sp³-hybridized carbons (Fsp3) is 0.600. The van der Waals surface area contributed by atoms with Crippen molar-refractivity contribution < 1.29 is 9.47 Å². The molecule has 106 valence electrons. The van der Waals surface area contributed by atoms with Crippen molar-refractivity contribution in [2.24, 2.45) is 0 Å². The maximum Gasteiger partial charge on any atom is 0.0642 e. The van der Waals surface area contributed by atoms with Crippen LogP contribution in [0.4, 0.5) is 5.69 Å². The molecule has 2 atom stereocenters. The molecule has 1 saturated heterocycles. The van der Waals surface area contributed by atoms with E-state index in [1.807, 2.05) is 12.1 Å². The molecule has 1 heterocycles. The highest BCUT2D eigenvalue weighted by Gasteiger charge is 2.24. The highest BCUT2D eigenvalue weighted by molar-refractivity contribution is 9.10. The van der Waals surface area contributed by atoms with Crippen LogP contribution < -0.4 is 5.32 Å². The molecular weight excluding hydrogens is 306 g/mol. The Kier molecular flexibility index (Phi) is 5.67. The molecule has 1 aromatic rings. The second-order valence-electron chi connectivity index (χ2n) is 5.16. The van der Waals surface area contributed by atoms with Crippen LogP contribution in [0.3, 0.4) is 0 Å². The molecule has 3 nitrogen and oxygen atoms in total. The molecule has 0 aromatic heterocycles. The molecule has 0 aliphatic carbocycles. The number of anilines is 1. The lowest BCUT2D eigenvalue weighted by Crippen LogP contribution is -2.34. The maximum atomic E-state index is 5.92. The normalized spacial score (nSPS) is 27.2. The highest BCUT2D eigenvalue weighted by Crippen LogP contribution is 2.21. The number of benzene rings is 1. The van der Waals surface area contributed by atoms with Gasteiger partial charge in [0.25, 0.3) is 0 Å². The molecule has 0 radical (unpaired) electrons. The molecule has 1 N–H and O–H groups in total. The van der Waals surface area contributed by atoms with Crippen molar-refractivity contribution >= 4 is 21.6 Å². The number of nitrogens with one attached hydrogen (secondary N) is 1. The summed E-state index contributed by atoms with van der Waals surface area (Å²) in [5.74, 6) is 0. The first kappa shape index (κ1) is 14.8. The number of ether oxygens (including phenoxy) is 2. The molecule has 0 bridgehead atoms. The Bertz CT molecular complexity index is 372. The summed E-state index contributed by atoms with van der Waals surface area (Å²) in [4.78, 5) is 0. The third-order valence-electron chi connectivity index (χ3n) is 3.28. The SMILES string of the molecule is CC1CC(OCCNc2ccc(Br)cc2)CC(C)O1. The van der Waals surface area contributed by atoms with E-state index in [0.717, 1.165) is 36.2 Å². The Hall–Kier alpha value is -0.580. The van der Waals surface area contributed by atoms with Gasteiger partial charge in [-0.15, -0.1) is 0 Å². The van der Waals surface area contributed by atoms with Crippen LogP contribution in [0, 0.1) is 0 Å². The van der Waals surface area contributed by atoms with E-state index in [4.69, 9.17) is 9.47 Å². The highest BCUT2D eigenvalue weighted by atomic mass is 79.9. The lowest BCUT2D eigenvalue weighted by atomic mass is 10.0. The zero-order chi connectivity index (χ0) is 13.7. The zero-order valence-corrected chi connectivity index (χ0v) is 13.2. The fourth-order valence-corrected chi connectivity index (χ4v) is 2.73. The van der Waals surface area contributed by atoms with Gasteiger partial charge < -0.3 is 14.8 Å². The molecule has 0 spiro atoms. The first-order valence-electron chi connectivity index (χ1n) is 6.90. The summed E-state index contributed by atoms with van der Waals surface area (Å²) in [6.45, 7) is 5.81. The minimum Gasteiger partial charge on any atom is -0.383 e. The Morgan fingerprint density at radius 1 is 1.21 bits per heavy atom. The number of rotatable bonds is 5. The molecule has 1 fully saturated rings. The van der Waals surface area contributed by atoms with E-state index in [9.17, 15) is 0 Å². The Balaban J connectivity index is 1.65. The van der Waals surface area contributed by atoms with Gasteiger partial charge in [-0.1, -0.05) is 15.9 Å². The monoisotopic (exact) mass is 327 g/mol. The largest absolute Gasteiger partial charge is 0.383 e. The third kappa shape index (κ3) is 5.13. The zero-order valence-electron chi connectivity index (χ0n) is 11.6. The Labute approximate surface area is 123 Å². The summed E-state index contributed by atoms with van der Waals surface area (Å²) in [5, 5.41) is 3.36. The van der Waals surface area contributed by atoms with Gasteiger partial charge >= 0.3 is 0 Å². The summed E-state index contributed by atoms with van der Waals surface area (Å²) in [6.07, 6.45) is 2.97. The van der Waals surface area contributed by atoms with Crippen molar-refractivity contribution in [3.63, 3.8) is 0 Å². The van der Waals surface area contributed by atoms with Crippen LogP contribution in [0.2, 0.25) is 0 Å². The van der Waals surface area contributed by atoms with Crippen molar-refractivity contribution in [3.05, 3.63) is 28.7 Å². The first-order chi connectivity index (χ1) is 9.13. The van der Waals surface area contributed by atoms with Crippen LogP contribution in [-0.4, -0.2) is 31.5 Å². The number of hydrogen-bond acceptors (Lipinski definition) is 3. The van der Waals surface area contributed by atoms with E-state index in [0.29, 0.717) is 18.3 Å². The fourth-order valence-electron chi connectivity index (χ4n) is 2.47. The van der Waals surface area contributed by atoms with Crippen LogP contribution >= 0.6 is 15.9 Å². The number of halogens is 1. The van der Waals surface area contributed by atoms with Crippen LogP contribution in [0.15, 0.2) is 28.7 Å². The molecule has 1 aliphatic rings. The van der Waals surface area contributed by atoms with E-state index in [1.54, 1.807) is 0 Å². The van der Waals surface area contributed by atoms with Gasteiger partial charge in [0.2, 0.25) is 0 Å². The van der Waals surface area contributed by atoms with E-state index in [2.05, 4.69) is 47.2 Å². The van der Waals surface area contributed by atoms with Crippen molar-refractivity contribution in [2.75, 3.05) is 18.5 Å². The van der Waals surface area contributed by atoms with Crippen LogP contribution in [0.25, 0.3) is 0 Å². The van der Waals surface area contributed by atoms with Gasteiger partial charge in [-0.2, -0.15) is 0 Å². The van der Waals surface area contributed by atoms with Gasteiger partial charge in [0.1, 0.15) is 0 Å². The second kappa shape index (κ2) is 7.27. The first-order valence-corrected chi connectivity index (χ1v) is 7.69. The summed E-state index contributed by atoms with van der Waals surface area (Å²) in [7, 11) is 0. The molecule has 0 saturated carbocycles. The lowest BCUT2D eigenvalue weighted by molar-refractivity contribution is -0.0998. The summed E-state index contributed by atoms with van der Waals surface area (Å²) in [5.41, 5.74) is 1.13. The Morgan fingerprint density at radius 3 is 2.47 bits per heavy atom. The van der Waals surface area contributed by atoms with Crippen molar-refractivity contribution in [2.45, 2.75) is 45.0 Å². The molecular formula is C15H22BrNO2. The molecule has 0 amide bonds. The smallest absolute Gasteiger partial charge is 0.0642 e. The van der Waals surface area contributed by atoms with Gasteiger partial charge in [-0.3, -0.25) is 0 Å². The average Bonchev–Trinajstić information content (AvgIpc) is 2.36. The average molecular weight is 328 g/mol. The van der Waals surface area contributed by atoms with Gasteiger partial charge in [-0.25, -0.2) is 0 Å². The predicted octanol–water partition coefficient (Wildman–Crippen LogP) is 3.83. The van der Waals surface area contributed by atoms with E-state index in [1.165, 1.54) is 0 Å². The Morgan fingerprint density at radius 2 is 1.84 bits per heavy atom. The maximum absolute atomic E-state index is 5.92. The summed E-state index contributed by atoms with van der Waals surface area (Å²) in [6, 6.07) is 8.18. The molecule has 19 heavy (non-hydrogen) atoms. The van der Waals surface area contributed by atoms with Gasteiger partial charge in [0.15, 0.2) is 0 Å². The van der Waals surface area contributed by atoms with E-state index in [-0.39, 0.29) is 0 Å². The topological polar surface area (TPSA) is 30.5 Å². The van der Waals surface area contributed by atoms with Gasteiger partial charge in [0, 0.05) is 16.7 Å². The molecule has 2 unspecified atom stereocenters. The minimum absolute atomic E-state index is 0.313. The van der Waals surface area contributed by atoms with Crippen LogP contribution in [-0.2, 0) is 9.47 Å². The number of hydrogen-bond donors (Lipinski definition) is 1. The van der Waals surface area contributed by atoms with Crippen molar-refractivity contribution in [1.82, 2.24) is 0 Å². The summed E-state index contributed by atoms with van der Waals surface area (Å²) >= 11 is 3.43.